The Balaban J connectivity index is 1.70. The summed E-state index contributed by atoms with van der Waals surface area (Å²) in [5, 5.41) is 6.37. The molecule has 1 fully saturated rings. The van der Waals surface area contributed by atoms with Crippen molar-refractivity contribution in [3.8, 4) is 5.75 Å². The van der Waals surface area contributed by atoms with E-state index < -0.39 is 6.36 Å². The van der Waals surface area contributed by atoms with Crippen LogP contribution >= 0.6 is 0 Å². The van der Waals surface area contributed by atoms with E-state index in [1.807, 2.05) is 0 Å². The standard InChI is InChI=1S/C16H22F3N3O2/c1-20-15(22-11-14-3-2-10-23-14)21-9-8-12-4-6-13(7-5-12)24-16(17,18)19/h4-7,14H,2-3,8-11H2,1H3,(H2,20,21,22). The zero-order valence-electron chi connectivity index (χ0n) is 13.5. The fraction of sp³-hybridized carbons (Fsp3) is 0.562. The van der Waals surface area contributed by atoms with Gasteiger partial charge in [-0.1, -0.05) is 12.1 Å². The molecule has 0 saturated carbocycles. The first kappa shape index (κ1) is 18.4. The Morgan fingerprint density at radius 2 is 2.04 bits per heavy atom. The third-order valence-electron chi connectivity index (χ3n) is 3.61. The van der Waals surface area contributed by atoms with Crippen LogP contribution < -0.4 is 15.4 Å². The molecule has 0 bridgehead atoms. The van der Waals surface area contributed by atoms with Gasteiger partial charge >= 0.3 is 6.36 Å². The van der Waals surface area contributed by atoms with Crippen LogP contribution in [0.1, 0.15) is 18.4 Å². The van der Waals surface area contributed by atoms with Gasteiger partial charge in [0.2, 0.25) is 0 Å². The Hall–Kier alpha value is -1.96. The summed E-state index contributed by atoms with van der Waals surface area (Å²) in [5.41, 5.74) is 0.909. The van der Waals surface area contributed by atoms with Gasteiger partial charge in [-0.25, -0.2) is 0 Å². The van der Waals surface area contributed by atoms with Crippen molar-refractivity contribution in [1.82, 2.24) is 10.6 Å². The van der Waals surface area contributed by atoms with Gasteiger partial charge in [-0.15, -0.1) is 13.2 Å². The molecule has 1 aliphatic rings. The highest BCUT2D eigenvalue weighted by molar-refractivity contribution is 5.79. The van der Waals surface area contributed by atoms with Crippen molar-refractivity contribution < 1.29 is 22.6 Å². The van der Waals surface area contributed by atoms with Crippen LogP contribution in [0.15, 0.2) is 29.3 Å². The minimum atomic E-state index is -4.66. The first-order chi connectivity index (χ1) is 11.5. The molecule has 1 saturated heterocycles. The summed E-state index contributed by atoms with van der Waals surface area (Å²) in [6.45, 7) is 2.14. The molecule has 0 radical (unpaired) electrons. The van der Waals surface area contributed by atoms with E-state index in [1.54, 1.807) is 19.2 Å². The molecule has 1 aromatic carbocycles. The maximum Gasteiger partial charge on any atom is 0.573 e. The van der Waals surface area contributed by atoms with Crippen LogP contribution in [0.25, 0.3) is 0 Å². The minimum Gasteiger partial charge on any atom is -0.406 e. The Morgan fingerprint density at radius 1 is 1.29 bits per heavy atom. The van der Waals surface area contributed by atoms with Crippen molar-refractivity contribution in [2.45, 2.75) is 31.7 Å². The summed E-state index contributed by atoms with van der Waals surface area (Å²) in [5.74, 6) is 0.468. The van der Waals surface area contributed by atoms with Crippen molar-refractivity contribution in [3.63, 3.8) is 0 Å². The van der Waals surface area contributed by atoms with E-state index in [0.29, 0.717) is 25.5 Å². The van der Waals surface area contributed by atoms with Gasteiger partial charge in [0.15, 0.2) is 5.96 Å². The van der Waals surface area contributed by atoms with Crippen molar-refractivity contribution in [1.29, 1.82) is 0 Å². The number of ether oxygens (including phenoxy) is 2. The van der Waals surface area contributed by atoms with Gasteiger partial charge in [-0.05, 0) is 37.0 Å². The van der Waals surface area contributed by atoms with Crippen LogP contribution in [0.4, 0.5) is 13.2 Å². The van der Waals surface area contributed by atoms with E-state index in [9.17, 15) is 13.2 Å². The van der Waals surface area contributed by atoms with Gasteiger partial charge < -0.3 is 20.1 Å². The number of hydrogen-bond donors (Lipinski definition) is 2. The second-order valence-corrected chi connectivity index (χ2v) is 5.46. The number of guanidine groups is 1. The number of aliphatic imine (C=N–C) groups is 1. The van der Waals surface area contributed by atoms with Crippen LogP contribution in [0.5, 0.6) is 5.75 Å². The topological polar surface area (TPSA) is 54.9 Å². The molecule has 1 atom stereocenters. The quantitative estimate of drug-likeness (QED) is 0.614. The molecule has 0 spiro atoms. The molecular formula is C16H22F3N3O2. The molecule has 0 aliphatic carbocycles. The van der Waals surface area contributed by atoms with E-state index in [1.165, 1.54) is 12.1 Å². The predicted molar refractivity (Wildman–Crippen MR) is 85.2 cm³/mol. The second kappa shape index (κ2) is 8.77. The highest BCUT2D eigenvalue weighted by Crippen LogP contribution is 2.22. The number of hydrogen-bond acceptors (Lipinski definition) is 3. The summed E-state index contributed by atoms with van der Waals surface area (Å²) >= 11 is 0. The highest BCUT2D eigenvalue weighted by Gasteiger charge is 2.30. The monoisotopic (exact) mass is 345 g/mol. The van der Waals surface area contributed by atoms with E-state index in [-0.39, 0.29) is 11.9 Å². The lowest BCUT2D eigenvalue weighted by molar-refractivity contribution is -0.274. The third kappa shape index (κ3) is 6.66. The summed E-state index contributed by atoms with van der Waals surface area (Å²) in [6.07, 6.45) is -1.63. The predicted octanol–water partition coefficient (Wildman–Crippen LogP) is 2.47. The SMILES string of the molecule is CN=C(NCCc1ccc(OC(F)(F)F)cc1)NCC1CCCO1. The maximum absolute atomic E-state index is 12.1. The van der Waals surface area contributed by atoms with Gasteiger partial charge in [0.05, 0.1) is 6.10 Å². The summed E-state index contributed by atoms with van der Waals surface area (Å²) < 4.78 is 45.7. The lowest BCUT2D eigenvalue weighted by Crippen LogP contribution is -2.41. The van der Waals surface area contributed by atoms with Gasteiger partial charge in [0.25, 0.3) is 0 Å². The zero-order chi connectivity index (χ0) is 17.4. The normalized spacial score (nSPS) is 18.5. The Morgan fingerprint density at radius 3 is 2.62 bits per heavy atom. The summed E-state index contributed by atoms with van der Waals surface area (Å²) in [6, 6.07) is 5.86. The number of rotatable bonds is 6. The fourth-order valence-electron chi connectivity index (χ4n) is 2.42. The highest BCUT2D eigenvalue weighted by atomic mass is 19.4. The number of nitrogens with one attached hydrogen (secondary N) is 2. The zero-order valence-corrected chi connectivity index (χ0v) is 13.5. The number of benzene rings is 1. The molecule has 5 nitrogen and oxygen atoms in total. The molecule has 1 aliphatic heterocycles. The Bertz CT molecular complexity index is 526. The van der Waals surface area contributed by atoms with Crippen molar-refractivity contribution >= 4 is 5.96 Å². The molecule has 8 heteroatoms. The average molecular weight is 345 g/mol. The lowest BCUT2D eigenvalue weighted by atomic mass is 10.1. The first-order valence-corrected chi connectivity index (χ1v) is 7.87. The Kier molecular flexibility index (Phi) is 6.72. The maximum atomic E-state index is 12.1. The van der Waals surface area contributed by atoms with Crippen LogP contribution in [0, 0.1) is 0 Å². The van der Waals surface area contributed by atoms with Crippen LogP contribution in [0.3, 0.4) is 0 Å². The fourth-order valence-corrected chi connectivity index (χ4v) is 2.42. The van der Waals surface area contributed by atoms with Crippen LogP contribution in [-0.4, -0.2) is 45.2 Å². The lowest BCUT2D eigenvalue weighted by Gasteiger charge is -2.15. The van der Waals surface area contributed by atoms with E-state index in [2.05, 4.69) is 20.4 Å². The number of nitrogens with zero attached hydrogens (tertiary/aromatic N) is 1. The van der Waals surface area contributed by atoms with Crippen LogP contribution in [-0.2, 0) is 11.2 Å². The van der Waals surface area contributed by atoms with Crippen molar-refractivity contribution in [2.75, 3.05) is 26.7 Å². The second-order valence-electron chi connectivity index (χ2n) is 5.46. The van der Waals surface area contributed by atoms with Gasteiger partial charge in [0, 0.05) is 26.7 Å². The van der Waals surface area contributed by atoms with E-state index >= 15 is 0 Å². The minimum absolute atomic E-state index is 0.215. The molecule has 1 unspecified atom stereocenters. The average Bonchev–Trinajstić information content (AvgIpc) is 3.04. The largest absolute Gasteiger partial charge is 0.573 e. The van der Waals surface area contributed by atoms with E-state index in [4.69, 9.17) is 4.74 Å². The molecule has 0 amide bonds. The molecular weight excluding hydrogens is 323 g/mol. The first-order valence-electron chi connectivity index (χ1n) is 7.87. The third-order valence-corrected chi connectivity index (χ3v) is 3.61. The Labute approximate surface area is 139 Å². The van der Waals surface area contributed by atoms with Gasteiger partial charge in [0.1, 0.15) is 5.75 Å². The molecule has 2 rings (SSSR count). The number of alkyl halides is 3. The summed E-state index contributed by atoms with van der Waals surface area (Å²) in [7, 11) is 1.69. The molecule has 1 heterocycles. The summed E-state index contributed by atoms with van der Waals surface area (Å²) in [4.78, 5) is 4.13. The smallest absolute Gasteiger partial charge is 0.406 e. The molecule has 1 aromatic rings. The molecule has 134 valence electrons. The number of halogens is 3. The van der Waals surface area contributed by atoms with Crippen molar-refractivity contribution in [3.05, 3.63) is 29.8 Å². The van der Waals surface area contributed by atoms with Gasteiger partial charge in [-0.2, -0.15) is 0 Å². The molecule has 24 heavy (non-hydrogen) atoms. The molecule has 2 N–H and O–H groups in total. The molecule has 0 aromatic heterocycles. The van der Waals surface area contributed by atoms with E-state index in [0.717, 1.165) is 25.0 Å². The van der Waals surface area contributed by atoms with Gasteiger partial charge in [-0.3, -0.25) is 4.99 Å². The van der Waals surface area contributed by atoms with Crippen LogP contribution in [0.2, 0.25) is 0 Å². The van der Waals surface area contributed by atoms with Crippen molar-refractivity contribution in [2.24, 2.45) is 4.99 Å².